The van der Waals surface area contributed by atoms with Gasteiger partial charge in [0.25, 0.3) is 5.56 Å². The van der Waals surface area contributed by atoms with Crippen molar-refractivity contribution in [2.75, 3.05) is 0 Å². The lowest BCUT2D eigenvalue weighted by Crippen LogP contribution is -2.11. The summed E-state index contributed by atoms with van der Waals surface area (Å²) >= 11 is 6.29. The van der Waals surface area contributed by atoms with E-state index in [9.17, 15) is 4.79 Å². The van der Waals surface area contributed by atoms with Gasteiger partial charge < -0.3 is 4.98 Å². The van der Waals surface area contributed by atoms with Crippen LogP contribution in [-0.2, 0) is 0 Å². The Morgan fingerprint density at radius 1 is 1.14 bits per heavy atom. The fourth-order valence-corrected chi connectivity index (χ4v) is 2.40. The fraction of sp³-hybridized carbons (Fsp3) is 0.0588. The molecule has 0 aliphatic carbocycles. The largest absolute Gasteiger partial charge is 0.305 e. The van der Waals surface area contributed by atoms with E-state index in [1.165, 1.54) is 0 Å². The van der Waals surface area contributed by atoms with Crippen LogP contribution in [0.25, 0.3) is 22.0 Å². The Balaban J connectivity index is 2.15. The van der Waals surface area contributed by atoms with Crippen molar-refractivity contribution in [1.82, 2.24) is 9.97 Å². The van der Waals surface area contributed by atoms with Gasteiger partial charge in [-0.15, -0.1) is 0 Å². The van der Waals surface area contributed by atoms with Crippen LogP contribution in [0.3, 0.4) is 0 Å². The van der Waals surface area contributed by atoms with Gasteiger partial charge in [-0.3, -0.25) is 4.79 Å². The van der Waals surface area contributed by atoms with Crippen LogP contribution in [-0.4, -0.2) is 9.97 Å². The van der Waals surface area contributed by atoms with E-state index in [-0.39, 0.29) is 5.56 Å². The van der Waals surface area contributed by atoms with Gasteiger partial charge in [0.2, 0.25) is 0 Å². The van der Waals surface area contributed by atoms with Gasteiger partial charge in [-0.05, 0) is 30.2 Å². The van der Waals surface area contributed by atoms with Crippen molar-refractivity contribution in [2.24, 2.45) is 0 Å². The van der Waals surface area contributed by atoms with Crippen molar-refractivity contribution in [1.29, 1.82) is 0 Å². The minimum Gasteiger partial charge on any atom is -0.305 e. The van der Waals surface area contributed by atoms with Gasteiger partial charge >= 0.3 is 0 Å². The molecular formula is C17H13ClN2O. The molecule has 0 unspecified atom stereocenters. The Hall–Kier alpha value is -2.39. The first kappa shape index (κ1) is 13.6. The third-order valence-corrected chi connectivity index (χ3v) is 3.55. The zero-order chi connectivity index (χ0) is 14.8. The minimum absolute atomic E-state index is 0.182. The molecule has 0 aliphatic rings. The van der Waals surface area contributed by atoms with E-state index >= 15 is 0 Å². The molecule has 2 aromatic carbocycles. The molecule has 0 bridgehead atoms. The van der Waals surface area contributed by atoms with Crippen molar-refractivity contribution in [3.8, 4) is 0 Å². The number of aromatic nitrogens is 2. The van der Waals surface area contributed by atoms with Crippen LogP contribution in [0, 0.1) is 6.92 Å². The van der Waals surface area contributed by atoms with Crippen molar-refractivity contribution >= 4 is 33.6 Å². The molecule has 0 saturated carbocycles. The maximum atomic E-state index is 12.1. The predicted molar refractivity (Wildman–Crippen MR) is 87.3 cm³/mol. The molecule has 0 radical (unpaired) electrons. The zero-order valence-corrected chi connectivity index (χ0v) is 12.2. The summed E-state index contributed by atoms with van der Waals surface area (Å²) in [5.74, 6) is 0.382. The maximum Gasteiger partial charge on any atom is 0.259 e. The average Bonchev–Trinajstić information content (AvgIpc) is 2.49. The monoisotopic (exact) mass is 296 g/mol. The van der Waals surface area contributed by atoms with Crippen LogP contribution in [0.5, 0.6) is 0 Å². The summed E-state index contributed by atoms with van der Waals surface area (Å²) < 4.78 is 0. The molecule has 0 aliphatic heterocycles. The lowest BCUT2D eigenvalue weighted by atomic mass is 10.1. The van der Waals surface area contributed by atoms with Crippen molar-refractivity contribution in [2.45, 2.75) is 6.92 Å². The number of hydrogen-bond acceptors (Lipinski definition) is 2. The number of para-hydroxylation sites is 1. The summed E-state index contributed by atoms with van der Waals surface area (Å²) in [6, 6.07) is 15.2. The van der Waals surface area contributed by atoms with E-state index in [0.717, 1.165) is 11.1 Å². The highest BCUT2D eigenvalue weighted by Crippen LogP contribution is 2.20. The summed E-state index contributed by atoms with van der Waals surface area (Å²) in [4.78, 5) is 19.3. The number of nitrogens with one attached hydrogen (secondary N) is 1. The first-order chi connectivity index (χ1) is 10.1. The number of aromatic amines is 1. The van der Waals surface area contributed by atoms with Gasteiger partial charge in [0.1, 0.15) is 0 Å². The first-order valence-electron chi connectivity index (χ1n) is 6.57. The molecule has 3 nitrogen and oxygen atoms in total. The highest BCUT2D eigenvalue weighted by molar-refractivity contribution is 6.50. The molecule has 0 atom stereocenters. The SMILES string of the molecule is Cc1cccc2c(=O)[nH]c(/C(Cl)=C/c3ccccc3)nc12. The molecule has 3 aromatic rings. The normalized spacial score (nSPS) is 11.8. The topological polar surface area (TPSA) is 45.8 Å². The van der Waals surface area contributed by atoms with Gasteiger partial charge in [0.15, 0.2) is 5.82 Å². The van der Waals surface area contributed by atoms with Crippen molar-refractivity contribution in [3.63, 3.8) is 0 Å². The Kier molecular flexibility index (Phi) is 3.59. The summed E-state index contributed by atoms with van der Waals surface area (Å²) in [6.45, 7) is 1.92. The van der Waals surface area contributed by atoms with Crippen LogP contribution in [0.1, 0.15) is 17.0 Å². The molecule has 104 valence electrons. The average molecular weight is 297 g/mol. The van der Waals surface area contributed by atoms with Crippen molar-refractivity contribution in [3.05, 3.63) is 75.8 Å². The molecule has 4 heteroatoms. The van der Waals surface area contributed by atoms with Gasteiger partial charge in [-0.2, -0.15) is 0 Å². The standard InChI is InChI=1S/C17H13ClN2O/c1-11-6-5-9-13-15(11)19-16(20-17(13)21)14(18)10-12-7-3-2-4-8-12/h2-10H,1H3,(H,19,20,21)/b14-10-. The number of halogens is 1. The summed E-state index contributed by atoms with van der Waals surface area (Å²) in [7, 11) is 0. The lowest BCUT2D eigenvalue weighted by molar-refractivity contribution is 1.13. The van der Waals surface area contributed by atoms with E-state index in [0.29, 0.717) is 21.8 Å². The first-order valence-corrected chi connectivity index (χ1v) is 6.95. The molecule has 1 N–H and O–H groups in total. The quantitative estimate of drug-likeness (QED) is 0.778. The second kappa shape index (κ2) is 5.54. The molecule has 3 rings (SSSR count). The van der Waals surface area contributed by atoms with E-state index in [4.69, 9.17) is 11.6 Å². The molecule has 21 heavy (non-hydrogen) atoms. The summed E-state index contributed by atoms with van der Waals surface area (Å²) in [6.07, 6.45) is 1.78. The highest BCUT2D eigenvalue weighted by atomic mass is 35.5. The molecule has 0 fully saturated rings. The molecule has 1 aromatic heterocycles. The van der Waals surface area contributed by atoms with Crippen LogP contribution in [0.2, 0.25) is 0 Å². The molecule has 1 heterocycles. The molecule has 0 amide bonds. The lowest BCUT2D eigenvalue weighted by Gasteiger charge is -2.04. The van der Waals surface area contributed by atoms with Gasteiger partial charge in [-0.25, -0.2) is 4.98 Å². The molecule has 0 saturated heterocycles. The van der Waals surface area contributed by atoms with E-state index in [1.807, 2.05) is 49.4 Å². The van der Waals surface area contributed by atoms with Gasteiger partial charge in [0.05, 0.1) is 15.9 Å². The minimum atomic E-state index is -0.182. The van der Waals surface area contributed by atoms with Crippen LogP contribution < -0.4 is 5.56 Å². The zero-order valence-electron chi connectivity index (χ0n) is 11.4. The Bertz CT molecular complexity index is 882. The number of nitrogens with zero attached hydrogens (tertiary/aromatic N) is 1. The fourth-order valence-electron chi connectivity index (χ4n) is 2.18. The second-order valence-electron chi connectivity index (χ2n) is 4.79. The summed E-state index contributed by atoms with van der Waals surface area (Å²) in [5.41, 5.74) is 2.40. The second-order valence-corrected chi connectivity index (χ2v) is 5.20. The number of benzene rings is 2. The molecule has 0 spiro atoms. The van der Waals surface area contributed by atoms with Gasteiger partial charge in [0, 0.05) is 0 Å². The molecular weight excluding hydrogens is 284 g/mol. The number of hydrogen-bond donors (Lipinski definition) is 1. The third-order valence-electron chi connectivity index (χ3n) is 3.26. The number of H-pyrrole nitrogens is 1. The highest BCUT2D eigenvalue weighted by Gasteiger charge is 2.08. The van der Waals surface area contributed by atoms with Crippen LogP contribution in [0.4, 0.5) is 0 Å². The van der Waals surface area contributed by atoms with Crippen LogP contribution in [0.15, 0.2) is 53.3 Å². The van der Waals surface area contributed by atoms with E-state index in [1.54, 1.807) is 12.1 Å². The Morgan fingerprint density at radius 2 is 1.90 bits per heavy atom. The number of fused-ring (bicyclic) bond motifs is 1. The predicted octanol–water partition coefficient (Wildman–Crippen LogP) is 3.97. The van der Waals surface area contributed by atoms with E-state index < -0.39 is 0 Å². The number of rotatable bonds is 2. The maximum absolute atomic E-state index is 12.1. The number of aryl methyl sites for hydroxylation is 1. The third kappa shape index (κ3) is 2.73. The van der Waals surface area contributed by atoms with Gasteiger partial charge in [-0.1, -0.05) is 54.1 Å². The van der Waals surface area contributed by atoms with Crippen LogP contribution >= 0.6 is 11.6 Å². The van der Waals surface area contributed by atoms with Crippen molar-refractivity contribution < 1.29 is 0 Å². The van der Waals surface area contributed by atoms with E-state index in [2.05, 4.69) is 9.97 Å². The Labute approximate surface area is 126 Å². The Morgan fingerprint density at radius 3 is 2.67 bits per heavy atom. The summed E-state index contributed by atoms with van der Waals surface area (Å²) in [5, 5.41) is 0.978. The smallest absolute Gasteiger partial charge is 0.259 e.